The Morgan fingerprint density at radius 3 is 2.48 bits per heavy atom. The normalized spacial score (nSPS) is 19.3. The lowest BCUT2D eigenvalue weighted by Crippen LogP contribution is -2.42. The van der Waals surface area contributed by atoms with E-state index in [-0.39, 0.29) is 29.8 Å². The summed E-state index contributed by atoms with van der Waals surface area (Å²) in [7, 11) is 0. The number of amides is 1. The summed E-state index contributed by atoms with van der Waals surface area (Å²) in [6, 6.07) is 2.19. The van der Waals surface area contributed by atoms with Crippen molar-refractivity contribution in [3.05, 3.63) is 23.0 Å². The molecule has 1 atom stereocenters. The third-order valence-electron chi connectivity index (χ3n) is 6.03. The molecule has 6 nitrogen and oxygen atoms in total. The van der Waals surface area contributed by atoms with Crippen molar-refractivity contribution in [2.75, 3.05) is 13.1 Å². The number of carbonyl (C=O) groups excluding carboxylic acids is 1. The highest BCUT2D eigenvalue weighted by Gasteiger charge is 2.32. The number of carbonyl (C=O) groups is 1. The molecular weight excluding hydrogens is 388 g/mol. The van der Waals surface area contributed by atoms with Gasteiger partial charge in [-0.3, -0.25) is 4.79 Å². The zero-order valence-corrected chi connectivity index (χ0v) is 18.7. The predicted octanol–water partition coefficient (Wildman–Crippen LogP) is 4.31. The number of nitrogens with zero attached hydrogens (tertiary/aromatic N) is 3. The van der Waals surface area contributed by atoms with Crippen LogP contribution in [0.5, 0.6) is 0 Å². The van der Waals surface area contributed by atoms with E-state index in [2.05, 4.69) is 32.9 Å². The number of nitrogens with two attached hydrogens (primary N) is 1. The number of hydrogen-bond acceptors (Lipinski definition) is 5. The van der Waals surface area contributed by atoms with E-state index in [9.17, 15) is 4.79 Å². The Balaban J connectivity index is 0.00000240. The van der Waals surface area contributed by atoms with Crippen molar-refractivity contribution in [1.29, 1.82) is 0 Å². The Morgan fingerprint density at radius 1 is 1.28 bits per heavy atom. The first-order valence-corrected chi connectivity index (χ1v) is 10.6. The lowest BCUT2D eigenvalue weighted by molar-refractivity contribution is 0.0682. The Bertz CT molecular complexity index is 875. The topological polar surface area (TPSA) is 85.2 Å². The molecule has 2 aromatic heterocycles. The van der Waals surface area contributed by atoms with E-state index >= 15 is 0 Å². The minimum atomic E-state index is 0. The average molecular weight is 421 g/mol. The van der Waals surface area contributed by atoms with Gasteiger partial charge < -0.3 is 15.2 Å². The van der Waals surface area contributed by atoms with Crippen LogP contribution in [0.3, 0.4) is 0 Å². The van der Waals surface area contributed by atoms with Crippen LogP contribution in [-0.2, 0) is 6.42 Å². The van der Waals surface area contributed by atoms with Crippen LogP contribution >= 0.6 is 12.4 Å². The summed E-state index contributed by atoms with van der Waals surface area (Å²) in [5.74, 6) is 1.03. The first kappa shape index (κ1) is 22.0. The maximum absolute atomic E-state index is 13.5. The van der Waals surface area contributed by atoms with Crippen molar-refractivity contribution in [2.45, 2.75) is 71.8 Å². The summed E-state index contributed by atoms with van der Waals surface area (Å²) in [6.07, 6.45) is 4.94. The second-order valence-electron chi connectivity index (χ2n) is 9.90. The second kappa shape index (κ2) is 8.23. The smallest absolute Gasteiger partial charge is 0.259 e. The monoisotopic (exact) mass is 420 g/mol. The molecule has 2 fully saturated rings. The zero-order chi connectivity index (χ0) is 20.1. The lowest BCUT2D eigenvalue weighted by atomic mass is 9.88. The van der Waals surface area contributed by atoms with Gasteiger partial charge in [-0.25, -0.2) is 4.98 Å². The van der Waals surface area contributed by atoms with Crippen LogP contribution < -0.4 is 5.73 Å². The van der Waals surface area contributed by atoms with Gasteiger partial charge in [-0.15, -0.1) is 12.4 Å². The summed E-state index contributed by atoms with van der Waals surface area (Å²) in [6.45, 7) is 10.1. The molecule has 29 heavy (non-hydrogen) atoms. The zero-order valence-electron chi connectivity index (χ0n) is 17.9. The van der Waals surface area contributed by atoms with Gasteiger partial charge in [0.05, 0.1) is 16.6 Å². The molecule has 160 valence electrons. The Hall–Kier alpha value is -1.66. The van der Waals surface area contributed by atoms with E-state index in [1.807, 2.05) is 11.0 Å². The summed E-state index contributed by atoms with van der Waals surface area (Å²) in [5.41, 5.74) is 9.15. The van der Waals surface area contributed by atoms with Crippen molar-refractivity contribution in [2.24, 2.45) is 17.1 Å². The number of pyridine rings is 1. The van der Waals surface area contributed by atoms with E-state index in [1.165, 1.54) is 0 Å². The minimum Gasteiger partial charge on any atom is -0.339 e. The minimum absolute atomic E-state index is 0. The van der Waals surface area contributed by atoms with Crippen molar-refractivity contribution in [1.82, 2.24) is 15.0 Å². The van der Waals surface area contributed by atoms with Crippen LogP contribution in [0.15, 0.2) is 10.6 Å². The van der Waals surface area contributed by atoms with E-state index in [4.69, 9.17) is 15.2 Å². The maximum atomic E-state index is 13.5. The van der Waals surface area contributed by atoms with Crippen LogP contribution in [-0.4, -0.2) is 40.1 Å². The average Bonchev–Trinajstić information content (AvgIpc) is 3.42. The quantitative estimate of drug-likeness (QED) is 0.796. The molecule has 0 spiro atoms. The van der Waals surface area contributed by atoms with Gasteiger partial charge in [0.2, 0.25) is 0 Å². The number of rotatable bonds is 4. The second-order valence-corrected chi connectivity index (χ2v) is 9.90. The molecule has 1 aliphatic carbocycles. The fourth-order valence-corrected chi connectivity index (χ4v) is 4.21. The largest absolute Gasteiger partial charge is 0.339 e. The van der Waals surface area contributed by atoms with E-state index in [0.717, 1.165) is 62.0 Å². The standard InChI is InChI=1S/C22H32N4O2.ClH/c1-13(23)14-7-9-26(10-8-14)21(27)16-11-17(15-5-6-15)24-20-19(16)18(25-28-20)12-22(2,3)4;/h11,13-15H,5-10,12,23H2,1-4H3;1H. The van der Waals surface area contributed by atoms with Gasteiger partial charge in [0.25, 0.3) is 11.6 Å². The molecule has 0 aromatic carbocycles. The number of fused-ring (bicyclic) bond motifs is 1. The van der Waals surface area contributed by atoms with Crippen LogP contribution in [0.2, 0.25) is 0 Å². The summed E-state index contributed by atoms with van der Waals surface area (Å²) < 4.78 is 5.59. The van der Waals surface area contributed by atoms with Gasteiger partial charge >= 0.3 is 0 Å². The van der Waals surface area contributed by atoms with Gasteiger partial charge in [0.1, 0.15) is 0 Å². The third-order valence-corrected chi connectivity index (χ3v) is 6.03. The van der Waals surface area contributed by atoms with Gasteiger partial charge in [0, 0.05) is 30.7 Å². The molecule has 1 saturated heterocycles. The highest BCUT2D eigenvalue weighted by atomic mass is 35.5. The van der Waals surface area contributed by atoms with Crippen molar-refractivity contribution < 1.29 is 9.32 Å². The molecule has 2 aliphatic rings. The van der Waals surface area contributed by atoms with Gasteiger partial charge in [-0.2, -0.15) is 0 Å². The molecule has 7 heteroatoms. The molecule has 0 radical (unpaired) electrons. The molecule has 0 bridgehead atoms. The van der Waals surface area contributed by atoms with Crippen LogP contribution in [0.1, 0.15) is 81.0 Å². The number of piperidine rings is 1. The van der Waals surface area contributed by atoms with Gasteiger partial charge in [0.15, 0.2) is 0 Å². The first-order valence-electron chi connectivity index (χ1n) is 10.6. The molecule has 2 aromatic rings. The molecule has 3 heterocycles. The summed E-state index contributed by atoms with van der Waals surface area (Å²) in [4.78, 5) is 20.2. The molecule has 1 amide bonds. The number of likely N-dealkylation sites (tertiary alicyclic amines) is 1. The number of aromatic nitrogens is 2. The molecule has 1 aliphatic heterocycles. The molecule has 4 rings (SSSR count). The van der Waals surface area contributed by atoms with Gasteiger partial charge in [-0.1, -0.05) is 25.9 Å². The predicted molar refractivity (Wildman–Crippen MR) is 116 cm³/mol. The van der Waals surface area contributed by atoms with Gasteiger partial charge in [-0.05, 0) is 56.4 Å². The summed E-state index contributed by atoms with van der Waals surface area (Å²) >= 11 is 0. The van der Waals surface area contributed by atoms with E-state index in [1.54, 1.807) is 0 Å². The van der Waals surface area contributed by atoms with Crippen molar-refractivity contribution in [3.8, 4) is 0 Å². The highest BCUT2D eigenvalue weighted by Crippen LogP contribution is 2.41. The molecule has 1 saturated carbocycles. The fourth-order valence-electron chi connectivity index (χ4n) is 4.21. The number of hydrogen-bond donors (Lipinski definition) is 1. The maximum Gasteiger partial charge on any atom is 0.259 e. The van der Waals surface area contributed by atoms with Crippen LogP contribution in [0.4, 0.5) is 0 Å². The molecule has 2 N–H and O–H groups in total. The summed E-state index contributed by atoms with van der Waals surface area (Å²) in [5, 5.41) is 5.10. The SMILES string of the molecule is CC(N)C1CCN(C(=O)c2cc(C3CC3)nc3onc(CC(C)(C)C)c23)CC1.Cl. The van der Waals surface area contributed by atoms with E-state index in [0.29, 0.717) is 23.1 Å². The fraction of sp³-hybridized carbons (Fsp3) is 0.682. The Labute approximate surface area is 179 Å². The first-order chi connectivity index (χ1) is 13.2. The van der Waals surface area contributed by atoms with Crippen molar-refractivity contribution >= 4 is 29.4 Å². The Morgan fingerprint density at radius 2 is 1.93 bits per heavy atom. The third kappa shape index (κ3) is 4.75. The highest BCUT2D eigenvalue weighted by molar-refractivity contribution is 6.06. The molecular formula is C22H33ClN4O2. The van der Waals surface area contributed by atoms with Crippen molar-refractivity contribution in [3.63, 3.8) is 0 Å². The Kier molecular flexibility index (Phi) is 6.25. The van der Waals surface area contributed by atoms with Crippen LogP contribution in [0, 0.1) is 11.3 Å². The van der Waals surface area contributed by atoms with Crippen LogP contribution in [0.25, 0.3) is 11.1 Å². The molecule has 1 unspecified atom stereocenters. The number of halogens is 1. The van der Waals surface area contributed by atoms with E-state index < -0.39 is 0 Å². The lowest BCUT2D eigenvalue weighted by Gasteiger charge is -2.34.